The van der Waals surface area contributed by atoms with Gasteiger partial charge in [-0.2, -0.15) is 0 Å². The van der Waals surface area contributed by atoms with E-state index in [1.807, 2.05) is 12.1 Å². The summed E-state index contributed by atoms with van der Waals surface area (Å²) < 4.78 is 0. The fourth-order valence-electron chi connectivity index (χ4n) is 4.02. The van der Waals surface area contributed by atoms with Crippen LogP contribution in [0.15, 0.2) is 18.2 Å². The molecule has 0 aromatic heterocycles. The van der Waals surface area contributed by atoms with Gasteiger partial charge in [-0.3, -0.25) is 0 Å². The van der Waals surface area contributed by atoms with E-state index in [9.17, 15) is 5.11 Å². The second-order valence-corrected chi connectivity index (χ2v) is 7.28. The fourth-order valence-corrected chi connectivity index (χ4v) is 4.02. The smallest absolute Gasteiger partial charge is 0.115 e. The highest BCUT2D eigenvalue weighted by molar-refractivity contribution is 5.38. The summed E-state index contributed by atoms with van der Waals surface area (Å²) >= 11 is 0. The van der Waals surface area contributed by atoms with Crippen LogP contribution in [0.2, 0.25) is 0 Å². The zero-order chi connectivity index (χ0) is 14.2. The molecule has 2 aliphatic rings. The van der Waals surface area contributed by atoms with E-state index in [-0.39, 0.29) is 0 Å². The third-order valence-electron chi connectivity index (χ3n) is 5.35. The summed E-state index contributed by atoms with van der Waals surface area (Å²) in [6, 6.07) is 7.01. The Morgan fingerprint density at radius 3 is 2.80 bits per heavy atom. The summed E-state index contributed by atoms with van der Waals surface area (Å²) in [5.41, 5.74) is 3.16. The van der Waals surface area contributed by atoms with Crippen molar-refractivity contribution in [3.05, 3.63) is 29.3 Å². The van der Waals surface area contributed by atoms with Crippen LogP contribution in [0.25, 0.3) is 0 Å². The van der Waals surface area contributed by atoms with Crippen LogP contribution in [-0.2, 0) is 6.42 Å². The van der Waals surface area contributed by atoms with Gasteiger partial charge in [-0.25, -0.2) is 0 Å². The SMILES string of the molecule is CC1(C)CCCCC1NC1CCCc2cc(O)ccc21. The Bertz CT molecular complexity index is 480. The molecule has 1 aromatic carbocycles. The fraction of sp³-hybridized carbons (Fsp3) is 0.667. The molecule has 2 N–H and O–H groups in total. The average molecular weight is 273 g/mol. The number of phenols is 1. The number of hydrogen-bond acceptors (Lipinski definition) is 2. The molecule has 3 rings (SSSR count). The maximum absolute atomic E-state index is 9.66. The molecule has 0 spiro atoms. The summed E-state index contributed by atoms with van der Waals surface area (Å²) in [6.45, 7) is 4.81. The Morgan fingerprint density at radius 2 is 2.00 bits per heavy atom. The lowest BCUT2D eigenvalue weighted by molar-refractivity contribution is 0.151. The van der Waals surface area contributed by atoms with Crippen LogP contribution >= 0.6 is 0 Å². The first kappa shape index (κ1) is 13.9. The maximum atomic E-state index is 9.66. The number of nitrogens with one attached hydrogen (secondary N) is 1. The van der Waals surface area contributed by atoms with Crippen LogP contribution in [0.3, 0.4) is 0 Å². The molecule has 1 fully saturated rings. The van der Waals surface area contributed by atoms with Gasteiger partial charge >= 0.3 is 0 Å². The number of hydrogen-bond donors (Lipinski definition) is 2. The quantitative estimate of drug-likeness (QED) is 0.840. The molecule has 0 radical (unpaired) electrons. The van der Waals surface area contributed by atoms with Crippen molar-refractivity contribution in [2.24, 2.45) is 5.41 Å². The minimum absolute atomic E-state index is 0.405. The van der Waals surface area contributed by atoms with Crippen LogP contribution in [0.1, 0.15) is 69.5 Å². The van der Waals surface area contributed by atoms with Gasteiger partial charge in [-0.05, 0) is 60.8 Å². The summed E-state index contributed by atoms with van der Waals surface area (Å²) in [7, 11) is 0. The van der Waals surface area contributed by atoms with Crippen molar-refractivity contribution >= 4 is 0 Å². The Balaban J connectivity index is 1.79. The summed E-state index contributed by atoms with van der Waals surface area (Å²) in [4.78, 5) is 0. The van der Waals surface area contributed by atoms with Gasteiger partial charge in [0.2, 0.25) is 0 Å². The van der Waals surface area contributed by atoms with Crippen molar-refractivity contribution in [1.29, 1.82) is 0 Å². The van der Waals surface area contributed by atoms with Crippen LogP contribution in [0.4, 0.5) is 0 Å². The van der Waals surface area contributed by atoms with Gasteiger partial charge < -0.3 is 10.4 Å². The van der Waals surface area contributed by atoms with Crippen molar-refractivity contribution in [3.8, 4) is 5.75 Å². The predicted molar refractivity (Wildman–Crippen MR) is 83.0 cm³/mol. The lowest BCUT2D eigenvalue weighted by Gasteiger charge is -2.42. The lowest BCUT2D eigenvalue weighted by atomic mass is 9.72. The molecule has 1 aromatic rings. The molecule has 0 aliphatic heterocycles. The molecule has 20 heavy (non-hydrogen) atoms. The van der Waals surface area contributed by atoms with Gasteiger partial charge in [0.15, 0.2) is 0 Å². The number of phenolic OH excluding ortho intramolecular Hbond substituents is 1. The molecular formula is C18H27NO. The summed E-state index contributed by atoms with van der Waals surface area (Å²) in [5, 5.41) is 13.6. The number of benzene rings is 1. The van der Waals surface area contributed by atoms with E-state index in [4.69, 9.17) is 0 Å². The van der Waals surface area contributed by atoms with Gasteiger partial charge in [0.05, 0.1) is 0 Å². The number of aromatic hydroxyl groups is 1. The van der Waals surface area contributed by atoms with Crippen molar-refractivity contribution in [2.75, 3.05) is 0 Å². The molecule has 0 heterocycles. The zero-order valence-electron chi connectivity index (χ0n) is 12.8. The standard InChI is InChI=1S/C18H27NO/c1-18(2)11-4-3-8-17(18)19-16-7-5-6-13-12-14(20)9-10-15(13)16/h9-10,12,16-17,19-20H,3-8,11H2,1-2H3. The first-order valence-electron chi connectivity index (χ1n) is 8.14. The molecule has 0 saturated heterocycles. The van der Waals surface area contributed by atoms with Gasteiger partial charge in [-0.15, -0.1) is 0 Å². The molecule has 2 aliphatic carbocycles. The molecule has 2 nitrogen and oxygen atoms in total. The van der Waals surface area contributed by atoms with Gasteiger partial charge in [0.1, 0.15) is 5.75 Å². The van der Waals surface area contributed by atoms with E-state index < -0.39 is 0 Å². The second-order valence-electron chi connectivity index (χ2n) is 7.28. The third-order valence-corrected chi connectivity index (χ3v) is 5.35. The monoisotopic (exact) mass is 273 g/mol. The van der Waals surface area contributed by atoms with Crippen molar-refractivity contribution in [1.82, 2.24) is 5.32 Å². The average Bonchev–Trinajstić information content (AvgIpc) is 2.41. The molecule has 1 saturated carbocycles. The highest BCUT2D eigenvalue weighted by Crippen LogP contribution is 2.39. The minimum atomic E-state index is 0.405. The van der Waals surface area contributed by atoms with Crippen molar-refractivity contribution in [2.45, 2.75) is 70.9 Å². The Labute approximate surface area is 122 Å². The van der Waals surface area contributed by atoms with Crippen LogP contribution < -0.4 is 5.32 Å². The number of aryl methyl sites for hydroxylation is 1. The zero-order valence-corrected chi connectivity index (χ0v) is 12.8. The highest BCUT2D eigenvalue weighted by Gasteiger charge is 2.34. The highest BCUT2D eigenvalue weighted by atomic mass is 16.3. The van der Waals surface area contributed by atoms with Crippen LogP contribution in [0.5, 0.6) is 5.75 Å². The van der Waals surface area contributed by atoms with Gasteiger partial charge in [0, 0.05) is 12.1 Å². The van der Waals surface area contributed by atoms with E-state index in [0.29, 0.717) is 23.2 Å². The van der Waals surface area contributed by atoms with E-state index in [1.165, 1.54) is 49.7 Å². The Morgan fingerprint density at radius 1 is 1.15 bits per heavy atom. The molecule has 2 atom stereocenters. The number of rotatable bonds is 2. The molecule has 2 unspecified atom stereocenters. The minimum Gasteiger partial charge on any atom is -0.508 e. The van der Waals surface area contributed by atoms with E-state index in [2.05, 4.69) is 25.2 Å². The number of fused-ring (bicyclic) bond motifs is 1. The van der Waals surface area contributed by atoms with Gasteiger partial charge in [0.25, 0.3) is 0 Å². The largest absolute Gasteiger partial charge is 0.508 e. The topological polar surface area (TPSA) is 32.3 Å². The maximum Gasteiger partial charge on any atom is 0.115 e. The third kappa shape index (κ3) is 2.71. The first-order chi connectivity index (χ1) is 9.56. The van der Waals surface area contributed by atoms with Crippen LogP contribution in [-0.4, -0.2) is 11.1 Å². The molecular weight excluding hydrogens is 246 g/mol. The van der Waals surface area contributed by atoms with Crippen molar-refractivity contribution in [3.63, 3.8) is 0 Å². The van der Waals surface area contributed by atoms with E-state index in [1.54, 1.807) is 0 Å². The molecule has 0 amide bonds. The van der Waals surface area contributed by atoms with E-state index >= 15 is 0 Å². The van der Waals surface area contributed by atoms with E-state index in [0.717, 1.165) is 6.42 Å². The van der Waals surface area contributed by atoms with Crippen molar-refractivity contribution < 1.29 is 5.11 Å². The Hall–Kier alpha value is -1.02. The Kier molecular flexibility index (Phi) is 3.76. The van der Waals surface area contributed by atoms with Gasteiger partial charge in [-0.1, -0.05) is 32.8 Å². The first-order valence-corrected chi connectivity index (χ1v) is 8.14. The summed E-state index contributed by atoms with van der Waals surface area (Å²) in [5.74, 6) is 0.405. The summed E-state index contributed by atoms with van der Waals surface area (Å²) in [6.07, 6.45) is 8.93. The lowest BCUT2D eigenvalue weighted by Crippen LogP contribution is -2.46. The second kappa shape index (κ2) is 5.40. The normalized spacial score (nSPS) is 28.9. The predicted octanol–water partition coefficient (Wildman–Crippen LogP) is 4.33. The molecule has 110 valence electrons. The molecule has 2 heteroatoms. The van der Waals surface area contributed by atoms with Crippen LogP contribution in [0, 0.1) is 5.41 Å². The molecule has 0 bridgehead atoms.